The van der Waals surface area contributed by atoms with E-state index in [4.69, 9.17) is 4.74 Å². The van der Waals surface area contributed by atoms with Crippen LogP contribution >= 0.6 is 0 Å². The summed E-state index contributed by atoms with van der Waals surface area (Å²) in [5.74, 6) is 3.18. The lowest BCUT2D eigenvalue weighted by atomic mass is 9.89. The smallest absolute Gasteiger partial charge is 0.219 e. The normalized spacial score (nSPS) is 23.4. The molecule has 20 heavy (non-hydrogen) atoms. The molecular weight excluding hydrogens is 250 g/mol. The van der Waals surface area contributed by atoms with Gasteiger partial charge in [-0.2, -0.15) is 4.98 Å². The molecule has 1 aromatic rings. The molecule has 0 aromatic carbocycles. The molecule has 4 nitrogen and oxygen atoms in total. The quantitative estimate of drug-likeness (QED) is 0.913. The SMILES string of the molecule is CNc1cc(OC2CCC(C)CC2)nc(C(C)(C)C)n1. The van der Waals surface area contributed by atoms with Crippen LogP contribution in [0.1, 0.15) is 59.2 Å². The fourth-order valence-electron chi connectivity index (χ4n) is 2.47. The molecule has 0 spiro atoms. The van der Waals surface area contributed by atoms with E-state index in [9.17, 15) is 0 Å². The maximum absolute atomic E-state index is 6.09. The Kier molecular flexibility index (Phi) is 4.51. The highest BCUT2D eigenvalue weighted by atomic mass is 16.5. The van der Waals surface area contributed by atoms with Crippen LogP contribution in [0.5, 0.6) is 5.88 Å². The van der Waals surface area contributed by atoms with Gasteiger partial charge in [-0.3, -0.25) is 0 Å². The van der Waals surface area contributed by atoms with Gasteiger partial charge in [0, 0.05) is 18.5 Å². The van der Waals surface area contributed by atoms with Gasteiger partial charge in [0.1, 0.15) is 17.7 Å². The van der Waals surface area contributed by atoms with Crippen LogP contribution in [0.25, 0.3) is 0 Å². The number of hydrogen-bond donors (Lipinski definition) is 1. The summed E-state index contributed by atoms with van der Waals surface area (Å²) in [6.07, 6.45) is 5.07. The van der Waals surface area contributed by atoms with E-state index < -0.39 is 0 Å². The van der Waals surface area contributed by atoms with Gasteiger partial charge in [-0.05, 0) is 31.6 Å². The molecule has 0 radical (unpaired) electrons. The van der Waals surface area contributed by atoms with Crippen molar-refractivity contribution in [3.8, 4) is 5.88 Å². The van der Waals surface area contributed by atoms with Crippen LogP contribution in [0.3, 0.4) is 0 Å². The lowest BCUT2D eigenvalue weighted by molar-refractivity contribution is 0.129. The highest BCUT2D eigenvalue weighted by Gasteiger charge is 2.23. The number of ether oxygens (including phenoxy) is 1. The molecule has 0 amide bonds. The molecule has 1 aromatic heterocycles. The van der Waals surface area contributed by atoms with E-state index in [0.717, 1.165) is 30.4 Å². The van der Waals surface area contributed by atoms with Gasteiger partial charge < -0.3 is 10.1 Å². The maximum atomic E-state index is 6.09. The Bertz CT molecular complexity index is 446. The Labute approximate surface area is 122 Å². The molecule has 0 aliphatic heterocycles. The third-order valence-corrected chi connectivity index (χ3v) is 3.88. The number of rotatable bonds is 3. The predicted octanol–water partition coefficient (Wildman–Crippen LogP) is 3.77. The van der Waals surface area contributed by atoms with E-state index in [0.29, 0.717) is 12.0 Å². The summed E-state index contributed by atoms with van der Waals surface area (Å²) in [5.41, 5.74) is -0.0773. The van der Waals surface area contributed by atoms with Crippen LogP contribution in [0.4, 0.5) is 5.82 Å². The Morgan fingerprint density at radius 1 is 1.15 bits per heavy atom. The zero-order valence-electron chi connectivity index (χ0n) is 13.4. The second kappa shape index (κ2) is 5.98. The van der Waals surface area contributed by atoms with Crippen LogP contribution in [0.2, 0.25) is 0 Å². The van der Waals surface area contributed by atoms with E-state index in [1.807, 2.05) is 13.1 Å². The zero-order valence-corrected chi connectivity index (χ0v) is 13.4. The van der Waals surface area contributed by atoms with Crippen molar-refractivity contribution in [3.05, 3.63) is 11.9 Å². The minimum atomic E-state index is -0.0773. The van der Waals surface area contributed by atoms with Crippen molar-refractivity contribution in [3.63, 3.8) is 0 Å². The minimum Gasteiger partial charge on any atom is -0.474 e. The first kappa shape index (κ1) is 15.1. The predicted molar refractivity (Wildman–Crippen MR) is 82.3 cm³/mol. The van der Waals surface area contributed by atoms with Crippen LogP contribution in [-0.2, 0) is 5.41 Å². The number of nitrogens with zero attached hydrogens (tertiary/aromatic N) is 2. The average Bonchev–Trinajstić information content (AvgIpc) is 2.40. The van der Waals surface area contributed by atoms with Gasteiger partial charge >= 0.3 is 0 Å². The summed E-state index contributed by atoms with van der Waals surface area (Å²) in [6.45, 7) is 8.67. The van der Waals surface area contributed by atoms with Gasteiger partial charge in [-0.25, -0.2) is 4.98 Å². The van der Waals surface area contributed by atoms with Gasteiger partial charge in [0.15, 0.2) is 0 Å². The summed E-state index contributed by atoms with van der Waals surface area (Å²) in [4.78, 5) is 9.12. The molecule has 0 atom stereocenters. The van der Waals surface area contributed by atoms with Crippen molar-refractivity contribution in [2.45, 2.75) is 64.9 Å². The number of nitrogens with one attached hydrogen (secondary N) is 1. The molecule has 4 heteroatoms. The van der Waals surface area contributed by atoms with E-state index in [2.05, 4.69) is 43.0 Å². The van der Waals surface area contributed by atoms with Gasteiger partial charge in [0.2, 0.25) is 5.88 Å². The van der Waals surface area contributed by atoms with Crippen molar-refractivity contribution in [2.75, 3.05) is 12.4 Å². The Morgan fingerprint density at radius 2 is 1.80 bits per heavy atom. The van der Waals surface area contributed by atoms with E-state index >= 15 is 0 Å². The van der Waals surface area contributed by atoms with Gasteiger partial charge in [0.25, 0.3) is 0 Å². The maximum Gasteiger partial charge on any atom is 0.219 e. The average molecular weight is 277 g/mol. The van der Waals surface area contributed by atoms with E-state index in [-0.39, 0.29) is 5.41 Å². The van der Waals surface area contributed by atoms with Crippen molar-refractivity contribution in [1.29, 1.82) is 0 Å². The van der Waals surface area contributed by atoms with Crippen LogP contribution in [-0.4, -0.2) is 23.1 Å². The highest BCUT2D eigenvalue weighted by Crippen LogP contribution is 2.28. The van der Waals surface area contributed by atoms with Crippen molar-refractivity contribution in [2.24, 2.45) is 5.92 Å². The Morgan fingerprint density at radius 3 is 2.35 bits per heavy atom. The van der Waals surface area contributed by atoms with E-state index in [1.54, 1.807) is 0 Å². The molecule has 0 saturated heterocycles. The fraction of sp³-hybridized carbons (Fsp3) is 0.750. The Hall–Kier alpha value is -1.32. The summed E-state index contributed by atoms with van der Waals surface area (Å²) in [7, 11) is 1.88. The molecular formula is C16H27N3O. The number of aromatic nitrogens is 2. The molecule has 1 aliphatic rings. The summed E-state index contributed by atoms with van der Waals surface area (Å²) in [5, 5.41) is 3.09. The number of anilines is 1. The Balaban J connectivity index is 2.14. The molecule has 2 rings (SSSR count). The molecule has 1 aliphatic carbocycles. The zero-order chi connectivity index (χ0) is 14.8. The molecule has 1 saturated carbocycles. The van der Waals surface area contributed by atoms with Crippen LogP contribution < -0.4 is 10.1 Å². The lowest BCUT2D eigenvalue weighted by Gasteiger charge is -2.27. The van der Waals surface area contributed by atoms with Gasteiger partial charge in [-0.15, -0.1) is 0 Å². The standard InChI is InChI=1S/C16H27N3O/c1-11-6-8-12(9-7-11)20-14-10-13(17-5)18-15(19-14)16(2,3)4/h10-12H,6-9H2,1-5H3,(H,17,18,19). The monoisotopic (exact) mass is 277 g/mol. The van der Waals surface area contributed by atoms with Gasteiger partial charge in [0.05, 0.1) is 0 Å². The molecule has 0 unspecified atom stereocenters. The second-order valence-electron chi connectivity index (χ2n) is 6.91. The largest absolute Gasteiger partial charge is 0.474 e. The molecule has 1 N–H and O–H groups in total. The molecule has 1 heterocycles. The summed E-state index contributed by atoms with van der Waals surface area (Å²) in [6, 6.07) is 1.90. The molecule has 0 bridgehead atoms. The first-order chi connectivity index (χ1) is 9.38. The fourth-order valence-corrected chi connectivity index (χ4v) is 2.47. The summed E-state index contributed by atoms with van der Waals surface area (Å²) < 4.78 is 6.09. The highest BCUT2D eigenvalue weighted by molar-refractivity contribution is 5.38. The first-order valence-electron chi connectivity index (χ1n) is 7.62. The van der Waals surface area contributed by atoms with Gasteiger partial charge in [-0.1, -0.05) is 27.7 Å². The third kappa shape index (κ3) is 3.84. The first-order valence-corrected chi connectivity index (χ1v) is 7.62. The van der Waals surface area contributed by atoms with Crippen LogP contribution in [0, 0.1) is 5.92 Å². The minimum absolute atomic E-state index is 0.0773. The van der Waals surface area contributed by atoms with E-state index in [1.165, 1.54) is 12.8 Å². The van der Waals surface area contributed by atoms with Crippen molar-refractivity contribution in [1.82, 2.24) is 9.97 Å². The third-order valence-electron chi connectivity index (χ3n) is 3.88. The topological polar surface area (TPSA) is 47.0 Å². The molecule has 112 valence electrons. The lowest BCUT2D eigenvalue weighted by Crippen LogP contribution is -2.24. The molecule has 1 fully saturated rings. The number of hydrogen-bond acceptors (Lipinski definition) is 4. The summed E-state index contributed by atoms with van der Waals surface area (Å²) >= 11 is 0. The second-order valence-corrected chi connectivity index (χ2v) is 6.91. The van der Waals surface area contributed by atoms with Crippen LogP contribution in [0.15, 0.2) is 6.07 Å². The van der Waals surface area contributed by atoms with Crippen molar-refractivity contribution < 1.29 is 4.74 Å². The van der Waals surface area contributed by atoms with Crippen molar-refractivity contribution >= 4 is 5.82 Å².